The number of rotatable bonds is 6. The summed E-state index contributed by atoms with van der Waals surface area (Å²) < 4.78 is 0. The number of pyridine rings is 1. The average molecular weight is 253 g/mol. The fraction of sp³-hybridized carbons (Fsp3) is 0.500. The van der Waals surface area contributed by atoms with Crippen LogP contribution >= 0.6 is 11.8 Å². The summed E-state index contributed by atoms with van der Waals surface area (Å²) in [6.45, 7) is 2.51. The number of unbranched alkanes of at least 4 members (excludes halogenated alkanes) is 1. The van der Waals surface area contributed by atoms with Crippen LogP contribution in [0, 0.1) is 6.92 Å². The average Bonchev–Trinajstić information content (AvgIpc) is 2.32. The maximum atomic E-state index is 11.8. The number of carbonyl (C=O) groups excluding carboxylic acids is 1. The molecule has 0 fully saturated rings. The molecule has 0 aliphatic rings. The predicted octanol–water partition coefficient (Wildman–Crippen LogP) is 1.85. The zero-order valence-corrected chi connectivity index (χ0v) is 11.1. The van der Waals surface area contributed by atoms with Crippen molar-refractivity contribution in [3.8, 4) is 0 Å². The lowest BCUT2D eigenvalue weighted by Crippen LogP contribution is -2.25. The molecule has 1 amide bonds. The Hall–Kier alpha value is -1.23. The minimum Gasteiger partial charge on any atom is -0.397 e. The van der Waals surface area contributed by atoms with Gasteiger partial charge in [0.25, 0.3) is 5.91 Å². The minimum absolute atomic E-state index is 0.0912. The molecule has 0 aliphatic carbocycles. The Labute approximate surface area is 106 Å². The van der Waals surface area contributed by atoms with Crippen molar-refractivity contribution in [1.29, 1.82) is 0 Å². The molecule has 3 N–H and O–H groups in total. The Bertz CT molecular complexity index is 382. The number of carbonyl (C=O) groups is 1. The number of thioether (sulfide) groups is 1. The second-order valence-corrected chi connectivity index (χ2v) is 4.84. The van der Waals surface area contributed by atoms with Gasteiger partial charge in [0.15, 0.2) is 0 Å². The summed E-state index contributed by atoms with van der Waals surface area (Å²) in [4.78, 5) is 15.9. The molecule has 94 valence electrons. The molecule has 0 saturated carbocycles. The van der Waals surface area contributed by atoms with Crippen LogP contribution < -0.4 is 11.1 Å². The zero-order chi connectivity index (χ0) is 12.7. The van der Waals surface area contributed by atoms with Crippen LogP contribution in [0.1, 0.15) is 28.9 Å². The van der Waals surface area contributed by atoms with Crippen molar-refractivity contribution in [2.24, 2.45) is 0 Å². The summed E-state index contributed by atoms with van der Waals surface area (Å²) in [5.41, 5.74) is 7.40. The normalized spacial score (nSPS) is 10.2. The molecule has 1 aromatic rings. The van der Waals surface area contributed by atoms with Gasteiger partial charge in [-0.25, -0.2) is 0 Å². The molecule has 0 aliphatic heterocycles. The standard InChI is InChI=1S/C12H19N3OS/c1-9-11(7-10(13)8-15-9)12(16)14-5-3-4-6-17-2/h7-8H,3-6,13H2,1-2H3,(H,14,16). The molecule has 1 aromatic heterocycles. The van der Waals surface area contributed by atoms with Crippen molar-refractivity contribution in [3.05, 3.63) is 23.5 Å². The lowest BCUT2D eigenvalue weighted by molar-refractivity contribution is 0.0952. The van der Waals surface area contributed by atoms with Gasteiger partial charge in [0.1, 0.15) is 0 Å². The molecule has 4 nitrogen and oxygen atoms in total. The molecule has 1 heterocycles. The second kappa shape index (κ2) is 7.17. The minimum atomic E-state index is -0.0912. The van der Waals surface area contributed by atoms with E-state index in [4.69, 9.17) is 5.73 Å². The highest BCUT2D eigenvalue weighted by molar-refractivity contribution is 7.98. The summed E-state index contributed by atoms with van der Waals surface area (Å²) >= 11 is 1.82. The molecular weight excluding hydrogens is 234 g/mol. The molecule has 5 heteroatoms. The summed E-state index contributed by atoms with van der Waals surface area (Å²) in [7, 11) is 0. The van der Waals surface area contributed by atoms with E-state index in [1.54, 1.807) is 12.3 Å². The third-order valence-electron chi connectivity index (χ3n) is 2.41. The first-order chi connectivity index (χ1) is 8.15. The highest BCUT2D eigenvalue weighted by Gasteiger charge is 2.09. The number of hydrogen-bond acceptors (Lipinski definition) is 4. The number of nitrogen functional groups attached to an aromatic ring is 1. The molecule has 0 bridgehead atoms. The SMILES string of the molecule is CSCCCCNC(=O)c1cc(N)cnc1C. The van der Waals surface area contributed by atoms with Gasteiger partial charge in [-0.05, 0) is 37.8 Å². The first kappa shape index (κ1) is 13.8. The highest BCUT2D eigenvalue weighted by atomic mass is 32.2. The largest absolute Gasteiger partial charge is 0.397 e. The monoisotopic (exact) mass is 253 g/mol. The fourth-order valence-corrected chi connectivity index (χ4v) is 1.94. The number of amides is 1. The van der Waals surface area contributed by atoms with Gasteiger partial charge in [0, 0.05) is 6.54 Å². The van der Waals surface area contributed by atoms with Crippen molar-refractivity contribution in [2.45, 2.75) is 19.8 Å². The smallest absolute Gasteiger partial charge is 0.253 e. The Balaban J connectivity index is 2.44. The van der Waals surface area contributed by atoms with Crippen LogP contribution in [0.25, 0.3) is 0 Å². The van der Waals surface area contributed by atoms with Crippen molar-refractivity contribution < 1.29 is 4.79 Å². The van der Waals surface area contributed by atoms with Crippen LogP contribution in [0.2, 0.25) is 0 Å². The van der Waals surface area contributed by atoms with E-state index < -0.39 is 0 Å². The number of nitrogens with two attached hydrogens (primary N) is 1. The van der Waals surface area contributed by atoms with Crippen molar-refractivity contribution >= 4 is 23.4 Å². The summed E-state index contributed by atoms with van der Waals surface area (Å²) in [5.74, 6) is 1.04. The number of anilines is 1. The third kappa shape index (κ3) is 4.65. The molecule has 0 atom stereocenters. The van der Waals surface area contributed by atoms with Gasteiger partial charge >= 0.3 is 0 Å². The van der Waals surface area contributed by atoms with Crippen molar-refractivity contribution in [3.63, 3.8) is 0 Å². The summed E-state index contributed by atoms with van der Waals surface area (Å²) in [5, 5.41) is 2.88. The van der Waals surface area contributed by atoms with Gasteiger partial charge in [-0.2, -0.15) is 11.8 Å². The van der Waals surface area contributed by atoms with Crippen LogP contribution in [-0.2, 0) is 0 Å². The molecule has 0 radical (unpaired) electrons. The van der Waals surface area contributed by atoms with Gasteiger partial charge in [-0.15, -0.1) is 0 Å². The van der Waals surface area contributed by atoms with Crippen molar-refractivity contribution in [2.75, 3.05) is 24.3 Å². The van der Waals surface area contributed by atoms with E-state index >= 15 is 0 Å². The molecule has 1 rings (SSSR count). The Morgan fingerprint density at radius 1 is 1.53 bits per heavy atom. The molecular formula is C12H19N3OS. The fourth-order valence-electron chi connectivity index (χ4n) is 1.45. The number of nitrogens with one attached hydrogen (secondary N) is 1. The Morgan fingerprint density at radius 2 is 2.29 bits per heavy atom. The van der Waals surface area contributed by atoms with Gasteiger partial charge < -0.3 is 11.1 Å². The summed E-state index contributed by atoms with van der Waals surface area (Å²) in [6, 6.07) is 1.67. The lowest BCUT2D eigenvalue weighted by Gasteiger charge is -2.07. The summed E-state index contributed by atoms with van der Waals surface area (Å²) in [6.07, 6.45) is 5.77. The van der Waals surface area contributed by atoms with E-state index in [1.165, 1.54) is 0 Å². The van der Waals surface area contributed by atoms with Crippen LogP contribution in [0.15, 0.2) is 12.3 Å². The van der Waals surface area contributed by atoms with Crippen LogP contribution in [-0.4, -0.2) is 29.4 Å². The molecule has 0 saturated heterocycles. The van der Waals surface area contributed by atoms with Crippen LogP contribution in [0.3, 0.4) is 0 Å². The Morgan fingerprint density at radius 3 is 3.00 bits per heavy atom. The van der Waals surface area contributed by atoms with Crippen LogP contribution in [0.5, 0.6) is 0 Å². The van der Waals surface area contributed by atoms with E-state index in [-0.39, 0.29) is 5.91 Å². The van der Waals surface area contributed by atoms with E-state index in [9.17, 15) is 4.79 Å². The molecule has 0 spiro atoms. The topological polar surface area (TPSA) is 68.0 Å². The molecule has 0 unspecified atom stereocenters. The maximum absolute atomic E-state index is 11.8. The molecule has 17 heavy (non-hydrogen) atoms. The first-order valence-electron chi connectivity index (χ1n) is 5.64. The van der Waals surface area contributed by atoms with E-state index in [1.807, 2.05) is 18.7 Å². The third-order valence-corrected chi connectivity index (χ3v) is 3.11. The van der Waals surface area contributed by atoms with E-state index in [0.29, 0.717) is 23.5 Å². The van der Waals surface area contributed by atoms with Gasteiger partial charge in [-0.3, -0.25) is 9.78 Å². The van der Waals surface area contributed by atoms with Gasteiger partial charge in [0.2, 0.25) is 0 Å². The van der Waals surface area contributed by atoms with Gasteiger partial charge in [-0.1, -0.05) is 0 Å². The number of aryl methyl sites for hydroxylation is 1. The van der Waals surface area contributed by atoms with E-state index in [2.05, 4.69) is 16.6 Å². The number of hydrogen-bond donors (Lipinski definition) is 2. The lowest BCUT2D eigenvalue weighted by atomic mass is 10.2. The first-order valence-corrected chi connectivity index (χ1v) is 7.03. The number of nitrogens with zero attached hydrogens (tertiary/aromatic N) is 1. The highest BCUT2D eigenvalue weighted by Crippen LogP contribution is 2.09. The predicted molar refractivity (Wildman–Crippen MR) is 73.3 cm³/mol. The van der Waals surface area contributed by atoms with E-state index in [0.717, 1.165) is 18.6 Å². The van der Waals surface area contributed by atoms with Gasteiger partial charge in [0.05, 0.1) is 23.1 Å². The van der Waals surface area contributed by atoms with Crippen molar-refractivity contribution in [1.82, 2.24) is 10.3 Å². The maximum Gasteiger partial charge on any atom is 0.253 e. The second-order valence-electron chi connectivity index (χ2n) is 3.86. The number of aromatic nitrogens is 1. The Kier molecular flexibility index (Phi) is 5.83. The quantitative estimate of drug-likeness (QED) is 0.759. The zero-order valence-electron chi connectivity index (χ0n) is 10.3. The molecule has 0 aromatic carbocycles. The van der Waals surface area contributed by atoms with Crippen LogP contribution in [0.4, 0.5) is 5.69 Å².